The number of allylic oxidation sites excluding steroid dienone is 8. The zero-order valence-electron chi connectivity index (χ0n) is 33.9. The SMILES string of the molecule is CCCCC/C=C/C/C=C/C/C=C/C/C=C/CCCCCC(=O)O[C@H](COC(=O)CCCCCCCCCC)COP(=O)(O)OC1C(O)C(O)C(O)[C@H](O)C1O. The van der Waals surface area contributed by atoms with E-state index in [1.807, 2.05) is 0 Å². The minimum Gasteiger partial charge on any atom is -0.462 e. The molecule has 0 saturated heterocycles. The average molecular weight is 817 g/mol. The van der Waals surface area contributed by atoms with E-state index in [0.717, 1.165) is 70.6 Å². The van der Waals surface area contributed by atoms with Gasteiger partial charge in [0, 0.05) is 12.8 Å². The molecule has 0 aliphatic heterocycles. The van der Waals surface area contributed by atoms with E-state index in [0.29, 0.717) is 12.8 Å². The molecular weight excluding hydrogens is 743 g/mol. The summed E-state index contributed by atoms with van der Waals surface area (Å²) in [4.78, 5) is 35.4. The van der Waals surface area contributed by atoms with Crippen LogP contribution in [0.4, 0.5) is 0 Å². The number of carbonyl (C=O) groups excluding carboxylic acids is 2. The van der Waals surface area contributed by atoms with Crippen molar-refractivity contribution < 1.29 is 63.1 Å². The second-order valence-electron chi connectivity index (χ2n) is 14.5. The number of phosphoric ester groups is 1. The van der Waals surface area contributed by atoms with E-state index in [2.05, 4.69) is 62.5 Å². The van der Waals surface area contributed by atoms with E-state index in [1.165, 1.54) is 38.5 Å². The lowest BCUT2D eigenvalue weighted by atomic mass is 9.85. The molecule has 1 saturated carbocycles. The van der Waals surface area contributed by atoms with Crippen LogP contribution in [0.2, 0.25) is 0 Å². The largest absolute Gasteiger partial charge is 0.472 e. The summed E-state index contributed by atoms with van der Waals surface area (Å²) in [7, 11) is -5.12. The van der Waals surface area contributed by atoms with E-state index in [9.17, 15) is 44.6 Å². The number of rotatable bonds is 33. The first-order valence-electron chi connectivity index (χ1n) is 20.9. The highest BCUT2D eigenvalue weighted by atomic mass is 31.2. The molecule has 14 heteroatoms. The third kappa shape index (κ3) is 25.2. The van der Waals surface area contributed by atoms with Crippen LogP contribution in [0.1, 0.15) is 149 Å². The van der Waals surface area contributed by atoms with Crippen LogP contribution in [-0.2, 0) is 32.7 Å². The van der Waals surface area contributed by atoms with Gasteiger partial charge in [-0.1, -0.05) is 127 Å². The Labute approximate surface area is 335 Å². The summed E-state index contributed by atoms with van der Waals surface area (Å²) in [5.41, 5.74) is 0. The number of phosphoric acid groups is 1. The highest BCUT2D eigenvalue weighted by molar-refractivity contribution is 7.47. The fourth-order valence-corrected chi connectivity index (χ4v) is 6.95. The maximum absolute atomic E-state index is 12.7. The summed E-state index contributed by atoms with van der Waals surface area (Å²) in [6, 6.07) is 0. The van der Waals surface area contributed by atoms with Gasteiger partial charge in [0.05, 0.1) is 6.61 Å². The summed E-state index contributed by atoms with van der Waals surface area (Å²) in [6.07, 6.45) is 23.4. The minimum atomic E-state index is -5.12. The van der Waals surface area contributed by atoms with E-state index in [1.54, 1.807) is 0 Å². The molecular formula is C42H73O13P. The smallest absolute Gasteiger partial charge is 0.462 e. The van der Waals surface area contributed by atoms with Crippen LogP contribution in [0, 0.1) is 0 Å². The first kappa shape index (κ1) is 51.8. The number of carbonyl (C=O) groups is 2. The maximum atomic E-state index is 12.7. The zero-order valence-corrected chi connectivity index (χ0v) is 34.8. The lowest BCUT2D eigenvalue weighted by molar-refractivity contribution is -0.220. The Morgan fingerprint density at radius 1 is 0.554 bits per heavy atom. The molecule has 0 aromatic rings. The predicted molar refractivity (Wildman–Crippen MR) is 216 cm³/mol. The van der Waals surface area contributed by atoms with Crippen molar-refractivity contribution in [2.75, 3.05) is 13.2 Å². The van der Waals surface area contributed by atoms with Gasteiger partial charge < -0.3 is 39.9 Å². The molecule has 0 aromatic carbocycles. The number of aliphatic hydroxyl groups is 5. The number of ether oxygens (including phenoxy) is 2. The quantitative estimate of drug-likeness (QED) is 0.0168. The summed E-state index contributed by atoms with van der Waals surface area (Å²) >= 11 is 0. The van der Waals surface area contributed by atoms with E-state index in [-0.39, 0.29) is 12.8 Å². The van der Waals surface area contributed by atoms with Crippen LogP contribution in [0.15, 0.2) is 48.6 Å². The standard InChI is InChI=1S/C42H73O13P/c1-3-5-7-9-11-13-14-15-16-17-18-19-20-21-22-23-25-27-29-31-36(44)54-34(32-52-35(43)30-28-26-24-12-10-8-6-4-2)33-53-56(50,51)55-42-40(48)38(46)37(45)39(47)41(42)49/h11,13,15-16,18-19,21-22,34,37-42,45-49H,3-10,12,14,17,20,23-33H2,1-2H3,(H,50,51)/b13-11+,16-15+,19-18+,22-21+/t34-,37?,38+,39?,40?,41?,42?/m1/s1. The molecule has 0 spiro atoms. The average Bonchev–Trinajstić information content (AvgIpc) is 3.18. The fourth-order valence-electron chi connectivity index (χ4n) is 5.97. The first-order chi connectivity index (χ1) is 26.9. The summed E-state index contributed by atoms with van der Waals surface area (Å²) in [6.45, 7) is 3.17. The van der Waals surface area contributed by atoms with Gasteiger partial charge in [0.2, 0.25) is 0 Å². The molecule has 6 unspecified atom stereocenters. The third-order valence-corrected chi connectivity index (χ3v) is 10.4. The third-order valence-electron chi connectivity index (χ3n) is 9.42. The number of esters is 2. The van der Waals surface area contributed by atoms with Gasteiger partial charge in [-0.25, -0.2) is 4.57 Å². The molecule has 0 bridgehead atoms. The molecule has 8 atom stereocenters. The Morgan fingerprint density at radius 3 is 1.50 bits per heavy atom. The molecule has 1 rings (SSSR count). The van der Waals surface area contributed by atoms with E-state index < -0.39 is 75.7 Å². The van der Waals surface area contributed by atoms with Crippen LogP contribution < -0.4 is 0 Å². The van der Waals surface area contributed by atoms with Crippen LogP contribution in [0.25, 0.3) is 0 Å². The summed E-state index contributed by atoms with van der Waals surface area (Å²) in [5.74, 6) is -1.14. The van der Waals surface area contributed by atoms with Crippen molar-refractivity contribution in [3.63, 3.8) is 0 Å². The lowest BCUT2D eigenvalue weighted by Gasteiger charge is -2.41. The molecule has 1 fully saturated rings. The number of hydrogen-bond acceptors (Lipinski definition) is 12. The topological polar surface area (TPSA) is 210 Å². The van der Waals surface area contributed by atoms with Gasteiger partial charge in [-0.2, -0.15) is 0 Å². The molecule has 324 valence electrons. The van der Waals surface area contributed by atoms with Gasteiger partial charge in [-0.3, -0.25) is 18.6 Å². The highest BCUT2D eigenvalue weighted by Crippen LogP contribution is 2.47. The number of hydrogen-bond donors (Lipinski definition) is 6. The lowest BCUT2D eigenvalue weighted by Crippen LogP contribution is -2.64. The van der Waals surface area contributed by atoms with Crippen molar-refractivity contribution in [3.8, 4) is 0 Å². The molecule has 0 radical (unpaired) electrons. The van der Waals surface area contributed by atoms with Gasteiger partial charge in [0.1, 0.15) is 43.2 Å². The van der Waals surface area contributed by atoms with Crippen molar-refractivity contribution in [3.05, 3.63) is 48.6 Å². The second-order valence-corrected chi connectivity index (χ2v) is 15.9. The molecule has 0 aromatic heterocycles. The van der Waals surface area contributed by atoms with Crippen molar-refractivity contribution in [2.45, 2.75) is 191 Å². The molecule has 1 aliphatic carbocycles. The molecule has 13 nitrogen and oxygen atoms in total. The molecule has 6 N–H and O–H groups in total. The molecule has 56 heavy (non-hydrogen) atoms. The van der Waals surface area contributed by atoms with Gasteiger partial charge >= 0.3 is 19.8 Å². The van der Waals surface area contributed by atoms with Crippen LogP contribution in [0.3, 0.4) is 0 Å². The van der Waals surface area contributed by atoms with Crippen molar-refractivity contribution in [2.24, 2.45) is 0 Å². The van der Waals surface area contributed by atoms with E-state index in [4.69, 9.17) is 18.5 Å². The number of unbranched alkanes of at least 4 members (excludes halogenated alkanes) is 13. The summed E-state index contributed by atoms with van der Waals surface area (Å²) in [5, 5.41) is 49.9. The minimum absolute atomic E-state index is 0.0587. The van der Waals surface area contributed by atoms with Gasteiger partial charge in [-0.05, 0) is 57.8 Å². The Kier molecular flexibility index (Phi) is 30.3. The van der Waals surface area contributed by atoms with Gasteiger partial charge in [0.15, 0.2) is 6.10 Å². The Morgan fingerprint density at radius 2 is 0.964 bits per heavy atom. The van der Waals surface area contributed by atoms with Crippen LogP contribution in [-0.4, -0.2) is 98.3 Å². The Hall–Kier alpha value is -2.19. The fraction of sp³-hybridized carbons (Fsp3) is 0.762. The van der Waals surface area contributed by atoms with Gasteiger partial charge in [0.25, 0.3) is 0 Å². The Bertz CT molecular complexity index is 1170. The van der Waals surface area contributed by atoms with Crippen molar-refractivity contribution in [1.29, 1.82) is 0 Å². The molecule has 0 amide bonds. The first-order valence-corrected chi connectivity index (χ1v) is 22.4. The molecule has 1 aliphatic rings. The number of aliphatic hydroxyl groups excluding tert-OH is 5. The van der Waals surface area contributed by atoms with Crippen LogP contribution >= 0.6 is 7.82 Å². The monoisotopic (exact) mass is 816 g/mol. The maximum Gasteiger partial charge on any atom is 0.472 e. The molecule has 0 heterocycles. The van der Waals surface area contributed by atoms with Crippen molar-refractivity contribution in [1.82, 2.24) is 0 Å². The summed E-state index contributed by atoms with van der Waals surface area (Å²) < 4.78 is 33.3. The Balaban J connectivity index is 2.50. The van der Waals surface area contributed by atoms with Crippen LogP contribution in [0.5, 0.6) is 0 Å². The zero-order chi connectivity index (χ0) is 41.4. The normalized spacial score (nSPS) is 23.4. The highest BCUT2D eigenvalue weighted by Gasteiger charge is 2.51. The van der Waals surface area contributed by atoms with Gasteiger partial charge in [-0.15, -0.1) is 0 Å². The second kappa shape index (κ2) is 32.7. The van der Waals surface area contributed by atoms with E-state index >= 15 is 0 Å². The predicted octanol–water partition coefficient (Wildman–Crippen LogP) is 7.22. The van der Waals surface area contributed by atoms with Crippen molar-refractivity contribution >= 4 is 19.8 Å².